The molecule has 6 heteroatoms. The average molecular weight is 158 g/mol. The van der Waals surface area contributed by atoms with Crippen LogP contribution in [0, 0.1) is 0 Å². The average Bonchev–Trinajstić information content (AvgIpc) is 1.60. The third kappa shape index (κ3) is 3.88. The van der Waals surface area contributed by atoms with E-state index in [1.54, 1.807) is 0 Å². The van der Waals surface area contributed by atoms with E-state index in [2.05, 4.69) is 11.3 Å². The van der Waals surface area contributed by atoms with Gasteiger partial charge in [0.1, 0.15) is 0 Å². The lowest BCUT2D eigenvalue weighted by Crippen LogP contribution is -2.19. The first-order chi connectivity index (χ1) is 4.33. The molecule has 0 bridgehead atoms. The molecular formula is C4H2F4O2. The van der Waals surface area contributed by atoms with Crippen molar-refractivity contribution in [2.75, 3.05) is 0 Å². The molecule has 0 unspecified atom stereocenters. The van der Waals surface area contributed by atoms with Crippen molar-refractivity contribution in [1.82, 2.24) is 0 Å². The Morgan fingerprint density at radius 1 is 1.40 bits per heavy atom. The predicted octanol–water partition coefficient (Wildman–Crippen LogP) is 1.53. The zero-order chi connectivity index (χ0) is 8.36. The SMILES string of the molecule is C=C(F)C(=O)OC(F)(F)F. The van der Waals surface area contributed by atoms with E-state index >= 15 is 0 Å². The Bertz CT molecular complexity index is 159. The molecule has 0 aliphatic rings. The molecule has 0 radical (unpaired) electrons. The van der Waals surface area contributed by atoms with Crippen molar-refractivity contribution < 1.29 is 27.1 Å². The Labute approximate surface area is 53.1 Å². The molecule has 58 valence electrons. The van der Waals surface area contributed by atoms with Crippen molar-refractivity contribution in [1.29, 1.82) is 0 Å². The minimum Gasteiger partial charge on any atom is -0.367 e. The van der Waals surface area contributed by atoms with Gasteiger partial charge in [-0.3, -0.25) is 0 Å². The highest BCUT2D eigenvalue weighted by Crippen LogP contribution is 2.17. The van der Waals surface area contributed by atoms with E-state index < -0.39 is 18.2 Å². The van der Waals surface area contributed by atoms with E-state index in [0.29, 0.717) is 0 Å². The number of hydrogen-bond donors (Lipinski definition) is 0. The maximum absolute atomic E-state index is 11.5. The van der Waals surface area contributed by atoms with E-state index in [1.807, 2.05) is 0 Å². The fraction of sp³-hybridized carbons (Fsp3) is 0.250. The van der Waals surface area contributed by atoms with Crippen LogP contribution in [0.4, 0.5) is 17.6 Å². The third-order valence-corrected chi connectivity index (χ3v) is 0.430. The predicted molar refractivity (Wildman–Crippen MR) is 22.4 cm³/mol. The van der Waals surface area contributed by atoms with Gasteiger partial charge in [-0.2, -0.15) is 4.39 Å². The Kier molecular flexibility index (Phi) is 2.39. The van der Waals surface area contributed by atoms with Gasteiger partial charge in [-0.25, -0.2) is 4.79 Å². The first-order valence-electron chi connectivity index (χ1n) is 1.97. The fourth-order valence-corrected chi connectivity index (χ4v) is 0.160. The van der Waals surface area contributed by atoms with Crippen LogP contribution < -0.4 is 0 Å². The third-order valence-electron chi connectivity index (χ3n) is 0.430. The first-order valence-corrected chi connectivity index (χ1v) is 1.97. The molecule has 2 nitrogen and oxygen atoms in total. The van der Waals surface area contributed by atoms with Gasteiger partial charge in [-0.1, -0.05) is 6.58 Å². The van der Waals surface area contributed by atoms with Gasteiger partial charge in [0, 0.05) is 0 Å². The fourth-order valence-electron chi connectivity index (χ4n) is 0.160. The van der Waals surface area contributed by atoms with Crippen LogP contribution in [0.25, 0.3) is 0 Å². The largest absolute Gasteiger partial charge is 0.575 e. The summed E-state index contributed by atoms with van der Waals surface area (Å²) in [4.78, 5) is 9.74. The molecule has 0 saturated carbocycles. The lowest BCUT2D eigenvalue weighted by Gasteiger charge is -2.03. The second-order valence-corrected chi connectivity index (χ2v) is 1.24. The van der Waals surface area contributed by atoms with Crippen molar-refractivity contribution in [2.24, 2.45) is 0 Å². The molecule has 0 heterocycles. The minimum atomic E-state index is -5.15. The minimum absolute atomic E-state index is 1.78. The van der Waals surface area contributed by atoms with Crippen LogP contribution in [-0.2, 0) is 9.53 Å². The topological polar surface area (TPSA) is 26.3 Å². The number of alkyl halides is 3. The summed E-state index contributed by atoms with van der Waals surface area (Å²) in [5.74, 6) is -3.90. The summed E-state index contributed by atoms with van der Waals surface area (Å²) in [5.41, 5.74) is 0. The number of halogens is 4. The summed E-state index contributed by atoms with van der Waals surface area (Å²) in [6.07, 6.45) is -5.15. The van der Waals surface area contributed by atoms with E-state index in [1.165, 1.54) is 0 Å². The molecule has 0 atom stereocenters. The lowest BCUT2D eigenvalue weighted by molar-refractivity contribution is -0.304. The number of rotatable bonds is 1. The van der Waals surface area contributed by atoms with Gasteiger partial charge < -0.3 is 4.74 Å². The van der Waals surface area contributed by atoms with E-state index in [0.717, 1.165) is 0 Å². The van der Waals surface area contributed by atoms with Crippen molar-refractivity contribution in [3.8, 4) is 0 Å². The molecule has 10 heavy (non-hydrogen) atoms. The first kappa shape index (κ1) is 8.93. The number of esters is 1. The molecule has 0 aromatic carbocycles. The number of carbonyl (C=O) groups excluding carboxylic acids is 1. The van der Waals surface area contributed by atoms with Crippen LogP contribution in [-0.4, -0.2) is 12.3 Å². The summed E-state index contributed by atoms with van der Waals surface area (Å²) < 4.78 is 47.1. The molecule has 0 aromatic heterocycles. The maximum atomic E-state index is 11.5. The second kappa shape index (κ2) is 2.68. The molecule has 0 fully saturated rings. The standard InChI is InChI=1S/C4H2F4O2/c1-2(5)3(9)10-4(6,7)8/h1H2. The summed E-state index contributed by atoms with van der Waals surface area (Å²) >= 11 is 0. The molecule has 0 aliphatic heterocycles. The highest BCUT2D eigenvalue weighted by atomic mass is 19.4. The molecule has 0 aromatic rings. The Hall–Kier alpha value is -1.07. The zero-order valence-corrected chi connectivity index (χ0v) is 4.54. The molecular weight excluding hydrogens is 156 g/mol. The highest BCUT2D eigenvalue weighted by Gasteiger charge is 2.34. The quantitative estimate of drug-likeness (QED) is 0.328. The summed E-state index contributed by atoms with van der Waals surface area (Å²) in [6, 6.07) is 0. The zero-order valence-electron chi connectivity index (χ0n) is 4.54. The molecule has 0 amide bonds. The van der Waals surface area contributed by atoms with Gasteiger partial charge in [0.2, 0.25) is 5.83 Å². The highest BCUT2D eigenvalue weighted by molar-refractivity contribution is 5.85. The van der Waals surface area contributed by atoms with E-state index in [9.17, 15) is 22.4 Å². The van der Waals surface area contributed by atoms with Gasteiger partial charge >= 0.3 is 12.3 Å². The lowest BCUT2D eigenvalue weighted by atomic mass is 10.6. The summed E-state index contributed by atoms with van der Waals surface area (Å²) in [6.45, 7) is 2.30. The van der Waals surface area contributed by atoms with Crippen LogP contribution in [0.2, 0.25) is 0 Å². The van der Waals surface area contributed by atoms with Crippen LogP contribution >= 0.6 is 0 Å². The van der Waals surface area contributed by atoms with Crippen molar-refractivity contribution in [2.45, 2.75) is 6.36 Å². The van der Waals surface area contributed by atoms with Crippen molar-refractivity contribution in [3.63, 3.8) is 0 Å². The van der Waals surface area contributed by atoms with Crippen molar-refractivity contribution in [3.05, 3.63) is 12.4 Å². The second-order valence-electron chi connectivity index (χ2n) is 1.24. The smallest absolute Gasteiger partial charge is 0.367 e. The van der Waals surface area contributed by atoms with Crippen LogP contribution in [0.15, 0.2) is 12.4 Å². The summed E-state index contributed by atoms with van der Waals surface area (Å²) in [5, 5.41) is 0. The molecule has 0 rings (SSSR count). The van der Waals surface area contributed by atoms with E-state index in [-0.39, 0.29) is 0 Å². The van der Waals surface area contributed by atoms with Crippen LogP contribution in [0.3, 0.4) is 0 Å². The van der Waals surface area contributed by atoms with Gasteiger partial charge in [0.05, 0.1) is 0 Å². The number of carbonyl (C=O) groups is 1. The van der Waals surface area contributed by atoms with Gasteiger partial charge in [0.25, 0.3) is 0 Å². The Balaban J connectivity index is 3.93. The molecule has 0 spiro atoms. The molecule has 0 N–H and O–H groups in total. The van der Waals surface area contributed by atoms with Crippen molar-refractivity contribution >= 4 is 5.97 Å². The molecule has 0 aliphatic carbocycles. The monoisotopic (exact) mass is 158 g/mol. The van der Waals surface area contributed by atoms with E-state index in [4.69, 9.17) is 0 Å². The number of hydrogen-bond acceptors (Lipinski definition) is 2. The van der Waals surface area contributed by atoms with Gasteiger partial charge in [0.15, 0.2) is 0 Å². The van der Waals surface area contributed by atoms with Gasteiger partial charge in [-0.05, 0) is 0 Å². The summed E-state index contributed by atoms with van der Waals surface area (Å²) in [7, 11) is 0. The van der Waals surface area contributed by atoms with Crippen LogP contribution in [0.5, 0.6) is 0 Å². The Morgan fingerprint density at radius 3 is 1.90 bits per heavy atom. The maximum Gasteiger partial charge on any atom is 0.575 e. The normalized spacial score (nSPS) is 10.8. The number of ether oxygens (including phenoxy) is 1. The van der Waals surface area contributed by atoms with Crippen LogP contribution in [0.1, 0.15) is 0 Å². The van der Waals surface area contributed by atoms with Gasteiger partial charge in [-0.15, -0.1) is 13.2 Å². The molecule has 0 saturated heterocycles. The Morgan fingerprint density at radius 2 is 1.80 bits per heavy atom.